The molecular formula is C26H27F3N2. The van der Waals surface area contributed by atoms with Crippen LogP contribution in [-0.4, -0.2) is 16.4 Å². The largest absolute Gasteiger partial charge is 0.416 e. The lowest BCUT2D eigenvalue weighted by Crippen LogP contribution is -2.25. The number of aromatic nitrogens is 1. The Kier molecular flexibility index (Phi) is 5.65. The first-order chi connectivity index (χ1) is 14.6. The quantitative estimate of drug-likeness (QED) is 0.462. The summed E-state index contributed by atoms with van der Waals surface area (Å²) in [5, 5.41) is 0. The summed E-state index contributed by atoms with van der Waals surface area (Å²) < 4.78 is 38.7. The molecule has 4 rings (SSSR count). The maximum atomic E-state index is 12.9. The molecule has 0 radical (unpaired) electrons. The van der Waals surface area contributed by atoms with Crippen molar-refractivity contribution in [1.82, 2.24) is 9.88 Å². The van der Waals surface area contributed by atoms with Gasteiger partial charge in [0.05, 0.1) is 5.56 Å². The van der Waals surface area contributed by atoms with Gasteiger partial charge in [-0.25, -0.2) is 0 Å². The van der Waals surface area contributed by atoms with Crippen LogP contribution in [-0.2, 0) is 24.7 Å². The molecule has 0 saturated carbocycles. The number of benzene rings is 2. The first-order valence-corrected chi connectivity index (χ1v) is 10.6. The average Bonchev–Trinajstić information content (AvgIpc) is 2.85. The molecule has 5 heteroatoms. The zero-order valence-electron chi connectivity index (χ0n) is 18.1. The molecule has 1 aliphatic heterocycles. The summed E-state index contributed by atoms with van der Waals surface area (Å²) in [6, 6.07) is 15.9. The molecule has 0 atom stereocenters. The van der Waals surface area contributed by atoms with Crippen molar-refractivity contribution >= 4 is 0 Å². The SMILES string of the molecule is Cc1ccc(CN2CCC(C)(C)c3ccc(-c4ccc(C(F)(F)F)cc4)cc3C2)cn1. The lowest BCUT2D eigenvalue weighted by molar-refractivity contribution is -0.137. The highest BCUT2D eigenvalue weighted by atomic mass is 19.4. The smallest absolute Gasteiger partial charge is 0.295 e. The molecule has 0 spiro atoms. The Labute approximate surface area is 181 Å². The maximum Gasteiger partial charge on any atom is 0.416 e. The van der Waals surface area contributed by atoms with Crippen LogP contribution in [0.4, 0.5) is 13.2 Å². The van der Waals surface area contributed by atoms with E-state index >= 15 is 0 Å². The molecule has 31 heavy (non-hydrogen) atoms. The van der Waals surface area contributed by atoms with Crippen LogP contribution in [0.15, 0.2) is 60.8 Å². The zero-order chi connectivity index (χ0) is 22.2. The van der Waals surface area contributed by atoms with Crippen molar-refractivity contribution in [2.75, 3.05) is 6.54 Å². The Morgan fingerprint density at radius 1 is 0.968 bits per heavy atom. The van der Waals surface area contributed by atoms with Crippen molar-refractivity contribution in [2.24, 2.45) is 0 Å². The third-order valence-electron chi connectivity index (χ3n) is 6.21. The molecule has 162 valence electrons. The molecule has 2 nitrogen and oxygen atoms in total. The van der Waals surface area contributed by atoms with Gasteiger partial charge in [-0.05, 0) is 77.4 Å². The Bertz CT molecular complexity index is 1050. The molecule has 2 heterocycles. The maximum absolute atomic E-state index is 12.9. The second-order valence-electron chi connectivity index (χ2n) is 9.10. The van der Waals surface area contributed by atoms with Crippen LogP contribution in [0.3, 0.4) is 0 Å². The molecule has 2 aromatic carbocycles. The van der Waals surface area contributed by atoms with Gasteiger partial charge in [-0.2, -0.15) is 13.2 Å². The summed E-state index contributed by atoms with van der Waals surface area (Å²) in [6.07, 6.45) is -1.34. The van der Waals surface area contributed by atoms with Gasteiger partial charge in [-0.3, -0.25) is 9.88 Å². The lowest BCUT2D eigenvalue weighted by Gasteiger charge is -2.25. The van der Waals surface area contributed by atoms with Crippen molar-refractivity contribution in [3.8, 4) is 11.1 Å². The van der Waals surface area contributed by atoms with Crippen LogP contribution in [0.5, 0.6) is 0 Å². The summed E-state index contributed by atoms with van der Waals surface area (Å²) in [5.74, 6) is 0. The third kappa shape index (κ3) is 4.82. The molecule has 1 aromatic heterocycles. The molecule has 0 saturated heterocycles. The van der Waals surface area contributed by atoms with Crippen LogP contribution in [0.2, 0.25) is 0 Å². The summed E-state index contributed by atoms with van der Waals surface area (Å²) in [4.78, 5) is 6.84. The Morgan fingerprint density at radius 2 is 1.68 bits per heavy atom. The van der Waals surface area contributed by atoms with Gasteiger partial charge in [0, 0.05) is 25.0 Å². The van der Waals surface area contributed by atoms with Gasteiger partial charge >= 0.3 is 6.18 Å². The Morgan fingerprint density at radius 3 is 2.32 bits per heavy atom. The number of pyridine rings is 1. The van der Waals surface area contributed by atoms with Gasteiger partial charge in [-0.1, -0.05) is 44.2 Å². The van der Waals surface area contributed by atoms with E-state index in [1.807, 2.05) is 25.3 Å². The standard InChI is InChI=1S/C26H27F3N2/c1-18-4-5-19(15-30-18)16-31-13-12-25(2,3)24-11-8-21(14-22(24)17-31)20-6-9-23(10-7-20)26(27,28)29/h4-11,14-15H,12-13,16-17H2,1-3H3. The number of halogens is 3. The second-order valence-corrected chi connectivity index (χ2v) is 9.10. The van der Waals surface area contributed by atoms with Crippen LogP contribution >= 0.6 is 0 Å². The van der Waals surface area contributed by atoms with E-state index in [1.165, 1.54) is 16.7 Å². The van der Waals surface area contributed by atoms with Crippen LogP contribution in [0, 0.1) is 6.92 Å². The van der Waals surface area contributed by atoms with Gasteiger partial charge in [0.15, 0.2) is 0 Å². The predicted molar refractivity (Wildman–Crippen MR) is 118 cm³/mol. The van der Waals surface area contributed by atoms with E-state index in [0.29, 0.717) is 0 Å². The minimum atomic E-state index is -4.32. The third-order valence-corrected chi connectivity index (χ3v) is 6.21. The number of alkyl halides is 3. The van der Waals surface area contributed by atoms with Gasteiger partial charge in [-0.15, -0.1) is 0 Å². The molecule has 0 fully saturated rings. The molecule has 0 N–H and O–H groups in total. The number of fused-ring (bicyclic) bond motifs is 1. The number of rotatable bonds is 3. The number of nitrogens with zero attached hydrogens (tertiary/aromatic N) is 2. The first-order valence-electron chi connectivity index (χ1n) is 10.6. The van der Waals surface area contributed by atoms with E-state index in [1.54, 1.807) is 12.1 Å². The predicted octanol–water partition coefficient (Wildman–Crippen LogP) is 6.76. The van der Waals surface area contributed by atoms with Crippen molar-refractivity contribution in [2.45, 2.75) is 51.9 Å². The minimum Gasteiger partial charge on any atom is -0.295 e. The van der Waals surface area contributed by atoms with Crippen molar-refractivity contribution in [3.05, 3.63) is 88.7 Å². The highest BCUT2D eigenvalue weighted by Gasteiger charge is 2.31. The van der Waals surface area contributed by atoms with E-state index in [2.05, 4.69) is 41.9 Å². The molecule has 0 unspecified atom stereocenters. The van der Waals surface area contributed by atoms with Crippen LogP contribution < -0.4 is 0 Å². The number of hydrogen-bond donors (Lipinski definition) is 0. The Hall–Kier alpha value is -2.66. The summed E-state index contributed by atoms with van der Waals surface area (Å²) in [6.45, 7) is 9.12. The summed E-state index contributed by atoms with van der Waals surface area (Å²) >= 11 is 0. The van der Waals surface area contributed by atoms with Crippen molar-refractivity contribution < 1.29 is 13.2 Å². The first kappa shape index (κ1) is 21.6. The second kappa shape index (κ2) is 8.12. The fourth-order valence-electron chi connectivity index (χ4n) is 4.29. The number of aryl methyl sites for hydroxylation is 1. The molecule has 3 aromatic rings. The summed E-state index contributed by atoms with van der Waals surface area (Å²) in [5.41, 5.74) is 5.90. The van der Waals surface area contributed by atoms with Gasteiger partial charge in [0.2, 0.25) is 0 Å². The van der Waals surface area contributed by atoms with Gasteiger partial charge < -0.3 is 0 Å². The Balaban J connectivity index is 1.63. The fourth-order valence-corrected chi connectivity index (χ4v) is 4.29. The highest BCUT2D eigenvalue weighted by molar-refractivity contribution is 5.66. The molecule has 0 amide bonds. The van der Waals surface area contributed by atoms with Gasteiger partial charge in [0.1, 0.15) is 0 Å². The van der Waals surface area contributed by atoms with Crippen LogP contribution in [0.25, 0.3) is 11.1 Å². The van der Waals surface area contributed by atoms with Crippen LogP contribution in [0.1, 0.15) is 48.2 Å². The van der Waals surface area contributed by atoms with Gasteiger partial charge in [0.25, 0.3) is 0 Å². The van der Waals surface area contributed by atoms with E-state index < -0.39 is 11.7 Å². The molecular weight excluding hydrogens is 397 g/mol. The molecule has 0 aliphatic carbocycles. The average molecular weight is 425 g/mol. The minimum absolute atomic E-state index is 0.0360. The topological polar surface area (TPSA) is 16.1 Å². The molecule has 0 bridgehead atoms. The molecule has 1 aliphatic rings. The van der Waals surface area contributed by atoms with E-state index in [0.717, 1.165) is 55.0 Å². The normalized spacial score (nSPS) is 16.6. The van der Waals surface area contributed by atoms with Crippen molar-refractivity contribution in [3.63, 3.8) is 0 Å². The fraction of sp³-hybridized carbons (Fsp3) is 0.346. The zero-order valence-corrected chi connectivity index (χ0v) is 18.1. The highest BCUT2D eigenvalue weighted by Crippen LogP contribution is 2.37. The van der Waals surface area contributed by atoms with E-state index in [-0.39, 0.29) is 5.41 Å². The van der Waals surface area contributed by atoms with E-state index in [4.69, 9.17) is 0 Å². The lowest BCUT2D eigenvalue weighted by atomic mass is 9.79. The number of hydrogen-bond acceptors (Lipinski definition) is 2. The summed E-state index contributed by atoms with van der Waals surface area (Å²) in [7, 11) is 0. The van der Waals surface area contributed by atoms with E-state index in [9.17, 15) is 13.2 Å². The van der Waals surface area contributed by atoms with Crippen molar-refractivity contribution in [1.29, 1.82) is 0 Å². The monoisotopic (exact) mass is 424 g/mol.